The van der Waals surface area contributed by atoms with Crippen molar-refractivity contribution in [3.8, 4) is 28.4 Å². The van der Waals surface area contributed by atoms with Crippen LogP contribution in [0, 0.1) is 5.95 Å². The summed E-state index contributed by atoms with van der Waals surface area (Å²) in [5.74, 6) is -0.142. The Kier molecular flexibility index (Phi) is 5.70. The molecule has 0 amide bonds. The van der Waals surface area contributed by atoms with E-state index in [9.17, 15) is 14.3 Å². The molecule has 2 aromatic heterocycles. The fourth-order valence-electron chi connectivity index (χ4n) is 5.83. The molecule has 1 aromatic carbocycles. The molecular formula is C26H29F2N7O2. The lowest BCUT2D eigenvalue weighted by atomic mass is 9.74. The molecule has 4 heterocycles. The van der Waals surface area contributed by atoms with Crippen molar-refractivity contribution >= 4 is 5.82 Å². The number of rotatable bonds is 5. The smallest absolute Gasteiger partial charge is 0.350 e. The second-order valence-electron chi connectivity index (χ2n) is 10.7. The van der Waals surface area contributed by atoms with Crippen molar-refractivity contribution in [1.29, 1.82) is 0 Å². The van der Waals surface area contributed by atoms with Crippen LogP contribution in [0.25, 0.3) is 22.6 Å². The third-order valence-electron chi connectivity index (χ3n) is 7.91. The Hall–Kier alpha value is -3.47. The van der Waals surface area contributed by atoms with Crippen molar-refractivity contribution in [3.63, 3.8) is 0 Å². The van der Waals surface area contributed by atoms with E-state index in [4.69, 9.17) is 0 Å². The van der Waals surface area contributed by atoms with Crippen molar-refractivity contribution in [3.05, 3.63) is 46.9 Å². The van der Waals surface area contributed by atoms with E-state index < -0.39 is 17.8 Å². The number of aromatic hydroxyl groups is 1. The van der Waals surface area contributed by atoms with Crippen LogP contribution in [-0.2, 0) is 7.05 Å². The quantitative estimate of drug-likeness (QED) is 0.505. The Morgan fingerprint density at radius 2 is 2.03 bits per heavy atom. The van der Waals surface area contributed by atoms with E-state index >= 15 is 4.39 Å². The lowest BCUT2D eigenvalue weighted by Crippen LogP contribution is -2.67. The summed E-state index contributed by atoms with van der Waals surface area (Å²) < 4.78 is 30.4. The number of nitrogens with one attached hydrogen (secondary N) is 1. The highest BCUT2D eigenvalue weighted by atomic mass is 19.1. The molecule has 2 N–H and O–H groups in total. The summed E-state index contributed by atoms with van der Waals surface area (Å²) in [4.78, 5) is 22.2. The highest BCUT2D eigenvalue weighted by molar-refractivity contribution is 5.71. The van der Waals surface area contributed by atoms with Gasteiger partial charge in [-0.05, 0) is 57.6 Å². The molecule has 4 atom stereocenters. The molecule has 2 bridgehead atoms. The van der Waals surface area contributed by atoms with Gasteiger partial charge in [0.2, 0.25) is 0 Å². The van der Waals surface area contributed by atoms with Crippen LogP contribution in [0.1, 0.15) is 45.4 Å². The van der Waals surface area contributed by atoms with Gasteiger partial charge in [0.1, 0.15) is 11.9 Å². The zero-order valence-electron chi connectivity index (χ0n) is 20.7. The highest BCUT2D eigenvalue weighted by Gasteiger charge is 2.50. The summed E-state index contributed by atoms with van der Waals surface area (Å²) in [6.07, 6.45) is 6.17. The summed E-state index contributed by atoms with van der Waals surface area (Å²) in [7, 11) is 1.29. The molecule has 37 heavy (non-hydrogen) atoms. The van der Waals surface area contributed by atoms with Crippen molar-refractivity contribution in [2.75, 3.05) is 4.90 Å². The van der Waals surface area contributed by atoms with Gasteiger partial charge in [0.15, 0.2) is 17.6 Å². The molecule has 194 valence electrons. The summed E-state index contributed by atoms with van der Waals surface area (Å²) in [6.45, 7) is 2.18. The normalized spacial score (nSPS) is 27.2. The van der Waals surface area contributed by atoms with E-state index in [1.807, 2.05) is 0 Å². The maximum absolute atomic E-state index is 15.6. The van der Waals surface area contributed by atoms with E-state index in [0.717, 1.165) is 42.7 Å². The summed E-state index contributed by atoms with van der Waals surface area (Å²) in [5.41, 5.74) is -0.00107. The summed E-state index contributed by atoms with van der Waals surface area (Å²) in [6, 6.07) is 5.48. The molecule has 1 saturated carbocycles. The maximum Gasteiger partial charge on any atom is 0.350 e. The molecular weight excluding hydrogens is 480 g/mol. The number of anilines is 1. The molecule has 3 aliphatic rings. The fraction of sp³-hybridized carbons (Fsp3) is 0.500. The third-order valence-corrected chi connectivity index (χ3v) is 7.91. The van der Waals surface area contributed by atoms with Gasteiger partial charge in [-0.25, -0.2) is 14.2 Å². The summed E-state index contributed by atoms with van der Waals surface area (Å²) >= 11 is 0. The standard InChI is InChI=1S/C26H29F2N7O2/c1-26-9-3-4-17(31-26)23(28)19(12-26)35(15-6-7-15)22-13-29-24(33-32-22)16-8-5-14(10-20(16)36)18-11-21(27)34(2)25(37)30-18/h5,8,10-11,13,15,17,19,23,31,36H,3-4,6-7,9,12H2,1-2H3/t17-,19+,23-,26+/m1/s1. The number of fused-ring (bicyclic) bond motifs is 2. The van der Waals surface area contributed by atoms with Gasteiger partial charge in [-0.1, -0.05) is 6.07 Å². The average molecular weight is 510 g/mol. The summed E-state index contributed by atoms with van der Waals surface area (Å²) in [5, 5.41) is 22.8. The van der Waals surface area contributed by atoms with Crippen molar-refractivity contribution in [2.24, 2.45) is 7.05 Å². The Labute approximate surface area is 212 Å². The number of hydrogen-bond donors (Lipinski definition) is 2. The molecule has 11 heteroatoms. The highest BCUT2D eigenvalue weighted by Crippen LogP contribution is 2.42. The topological polar surface area (TPSA) is 109 Å². The van der Waals surface area contributed by atoms with Gasteiger partial charge in [0, 0.05) is 36.3 Å². The number of piperidine rings is 2. The van der Waals surface area contributed by atoms with Gasteiger partial charge >= 0.3 is 5.69 Å². The van der Waals surface area contributed by atoms with Gasteiger partial charge in [-0.15, -0.1) is 10.2 Å². The zero-order chi connectivity index (χ0) is 25.9. The van der Waals surface area contributed by atoms with Crippen LogP contribution in [0.3, 0.4) is 0 Å². The van der Waals surface area contributed by atoms with E-state index in [1.54, 1.807) is 18.3 Å². The zero-order valence-corrected chi connectivity index (χ0v) is 20.7. The first-order chi connectivity index (χ1) is 17.7. The van der Waals surface area contributed by atoms with E-state index in [2.05, 4.69) is 37.3 Å². The number of benzene rings is 1. The van der Waals surface area contributed by atoms with E-state index in [0.29, 0.717) is 23.4 Å². The minimum Gasteiger partial charge on any atom is -0.507 e. The van der Waals surface area contributed by atoms with Crippen LogP contribution in [-0.4, -0.2) is 59.7 Å². The molecule has 0 radical (unpaired) electrons. The van der Waals surface area contributed by atoms with Crippen LogP contribution in [0.2, 0.25) is 0 Å². The van der Waals surface area contributed by atoms with E-state index in [-0.39, 0.29) is 40.9 Å². The van der Waals surface area contributed by atoms with Crippen LogP contribution in [0.5, 0.6) is 5.75 Å². The van der Waals surface area contributed by atoms with Crippen LogP contribution >= 0.6 is 0 Å². The predicted octanol–water partition coefficient (Wildman–Crippen LogP) is 3.12. The molecule has 6 rings (SSSR count). The van der Waals surface area contributed by atoms with Gasteiger partial charge in [0.05, 0.1) is 23.5 Å². The fourth-order valence-corrected chi connectivity index (χ4v) is 5.83. The molecule has 2 aliphatic heterocycles. The second kappa shape index (κ2) is 8.83. The number of nitrogens with zero attached hydrogens (tertiary/aromatic N) is 6. The molecule has 9 nitrogen and oxygen atoms in total. The van der Waals surface area contributed by atoms with Gasteiger partial charge in [0.25, 0.3) is 0 Å². The van der Waals surface area contributed by atoms with Gasteiger partial charge in [-0.3, -0.25) is 4.57 Å². The van der Waals surface area contributed by atoms with Crippen molar-refractivity contribution in [1.82, 2.24) is 30.0 Å². The predicted molar refractivity (Wildman–Crippen MR) is 133 cm³/mol. The van der Waals surface area contributed by atoms with Gasteiger partial charge < -0.3 is 15.3 Å². The van der Waals surface area contributed by atoms with Crippen LogP contribution in [0.15, 0.2) is 35.3 Å². The first-order valence-electron chi connectivity index (χ1n) is 12.7. The Morgan fingerprint density at radius 3 is 2.70 bits per heavy atom. The number of halogens is 2. The number of phenols is 1. The molecule has 0 spiro atoms. The van der Waals surface area contributed by atoms with Crippen molar-refractivity contribution in [2.45, 2.75) is 75.3 Å². The molecule has 0 unspecified atom stereocenters. The number of phenolic OH excluding ortho intramolecular Hbond substituents is 1. The van der Waals surface area contributed by atoms with E-state index in [1.165, 1.54) is 13.1 Å². The number of alkyl halides is 1. The number of hydrogen-bond acceptors (Lipinski definition) is 8. The van der Waals surface area contributed by atoms with Gasteiger partial charge in [-0.2, -0.15) is 9.37 Å². The Balaban J connectivity index is 1.27. The first-order valence-corrected chi connectivity index (χ1v) is 12.7. The molecule has 3 fully saturated rings. The molecule has 3 aromatic rings. The van der Waals surface area contributed by atoms with Crippen LogP contribution < -0.4 is 15.9 Å². The monoisotopic (exact) mass is 509 g/mol. The lowest BCUT2D eigenvalue weighted by molar-refractivity contribution is 0.0584. The second-order valence-corrected chi connectivity index (χ2v) is 10.7. The minimum absolute atomic E-state index is 0.0849. The SMILES string of the molecule is Cn1c(F)cc(-c2ccc(-c3ncc(N(C4CC4)[C@H]4C[C@]5(C)CCC[C@@H](N5)[C@H]4F)nn3)c(O)c2)nc1=O. The largest absolute Gasteiger partial charge is 0.507 e. The minimum atomic E-state index is -1.000. The Bertz CT molecular complexity index is 1390. The average Bonchev–Trinajstić information content (AvgIpc) is 3.71. The van der Waals surface area contributed by atoms with Crippen molar-refractivity contribution < 1.29 is 13.9 Å². The molecule has 2 saturated heterocycles. The number of aromatic nitrogens is 5. The molecule has 1 aliphatic carbocycles. The van der Waals surface area contributed by atoms with Crippen LogP contribution in [0.4, 0.5) is 14.6 Å². The Morgan fingerprint density at radius 1 is 1.22 bits per heavy atom. The maximum atomic E-state index is 15.6. The lowest BCUT2D eigenvalue weighted by Gasteiger charge is -2.52. The third kappa shape index (κ3) is 4.35. The first kappa shape index (κ1) is 23.9.